The van der Waals surface area contributed by atoms with Crippen LogP contribution >= 0.6 is 0 Å². The van der Waals surface area contributed by atoms with Gasteiger partial charge in [0, 0.05) is 26.4 Å². The lowest BCUT2D eigenvalue weighted by Crippen LogP contribution is -2.00. The second kappa shape index (κ2) is 44.8. The molecule has 0 heterocycles. The van der Waals surface area contributed by atoms with Crippen LogP contribution in [0.4, 0.5) is 0 Å². The molecule has 29 heavy (non-hydrogen) atoms. The minimum absolute atomic E-state index is 0.330. The average Bonchev–Trinajstić information content (AvgIpc) is 2.79. The summed E-state index contributed by atoms with van der Waals surface area (Å²) in [7, 11) is 3.25. The maximum absolute atomic E-state index is 10.3. The first-order valence-electron chi connectivity index (χ1n) is 10.0. The van der Waals surface area contributed by atoms with Gasteiger partial charge in [-0.2, -0.15) is 0 Å². The van der Waals surface area contributed by atoms with Gasteiger partial charge in [0.05, 0.1) is 13.2 Å². The van der Waals surface area contributed by atoms with Crippen LogP contribution in [0.15, 0.2) is 61.7 Å². The lowest BCUT2D eigenvalue weighted by atomic mass is 10.4. The summed E-state index contributed by atoms with van der Waals surface area (Å²) in [6.45, 7) is 19.2. The quantitative estimate of drug-likeness (QED) is 0.314. The highest BCUT2D eigenvalue weighted by molar-refractivity contribution is 5.81. The molecule has 0 fully saturated rings. The van der Waals surface area contributed by atoms with Gasteiger partial charge in [-0.1, -0.05) is 90.6 Å². The molecule has 0 bridgehead atoms. The fourth-order valence-corrected chi connectivity index (χ4v) is 0.962. The highest BCUT2D eigenvalue weighted by Crippen LogP contribution is 1.88. The molecule has 0 aromatic heterocycles. The zero-order chi connectivity index (χ0) is 23.8. The van der Waals surface area contributed by atoms with Crippen molar-refractivity contribution in [3.63, 3.8) is 0 Å². The highest BCUT2D eigenvalue weighted by Gasteiger charge is 1.91. The van der Waals surface area contributed by atoms with Crippen molar-refractivity contribution in [2.45, 2.75) is 54.4 Å². The van der Waals surface area contributed by atoms with Crippen LogP contribution in [-0.2, 0) is 23.8 Å². The van der Waals surface area contributed by atoms with E-state index in [1.54, 1.807) is 21.1 Å². The average molecular weight is 413 g/mol. The van der Waals surface area contributed by atoms with E-state index in [1.165, 1.54) is 6.08 Å². The molecule has 0 N–H and O–H groups in total. The smallest absolute Gasteiger partial charge is 0.330 e. The van der Waals surface area contributed by atoms with Crippen molar-refractivity contribution in [1.29, 1.82) is 0 Å². The first kappa shape index (κ1) is 37.4. The van der Waals surface area contributed by atoms with E-state index in [0.29, 0.717) is 13.2 Å². The molecular weight excluding hydrogens is 368 g/mol. The van der Waals surface area contributed by atoms with Crippen molar-refractivity contribution in [2.75, 3.05) is 27.4 Å². The monoisotopic (exact) mass is 412 g/mol. The Labute approximate surface area is 179 Å². The molecule has 0 aliphatic rings. The summed E-state index contributed by atoms with van der Waals surface area (Å²) in [5, 5.41) is 0. The molecule has 0 atom stereocenters. The van der Waals surface area contributed by atoms with Gasteiger partial charge in [0.25, 0.3) is 0 Å². The molecule has 0 spiro atoms. The molecule has 0 aliphatic heterocycles. The van der Waals surface area contributed by atoms with Crippen molar-refractivity contribution in [3.05, 3.63) is 61.7 Å². The standard InChI is InChI=1S/C7H12O2.C6H6.C5H8O2.C2H6O.2C2H6/c1-3-5-6-9-7(8)4-2;1-2-4-6-5-3-1;1-3-5(6)7-4-2;1-3-2;2*1-2/h4H,2-3,5-6H2,1H3;1-6H;3H,1,4H2,2H3;1-2H3;2*1-2H3. The molecule has 1 aromatic rings. The topological polar surface area (TPSA) is 61.8 Å². The van der Waals surface area contributed by atoms with Gasteiger partial charge >= 0.3 is 11.9 Å². The summed E-state index contributed by atoms with van der Waals surface area (Å²) in [6, 6.07) is 12.0. The van der Waals surface area contributed by atoms with E-state index in [0.717, 1.165) is 18.9 Å². The van der Waals surface area contributed by atoms with Gasteiger partial charge in [-0.15, -0.1) is 0 Å². The van der Waals surface area contributed by atoms with Crippen LogP contribution in [-0.4, -0.2) is 39.4 Å². The molecule has 5 heteroatoms. The summed E-state index contributed by atoms with van der Waals surface area (Å²) < 4.78 is 13.4. The van der Waals surface area contributed by atoms with Gasteiger partial charge in [-0.25, -0.2) is 9.59 Å². The Morgan fingerprint density at radius 3 is 1.28 bits per heavy atom. The van der Waals surface area contributed by atoms with Crippen LogP contribution in [0.1, 0.15) is 54.4 Å². The second-order valence-electron chi connectivity index (χ2n) is 4.24. The SMILES string of the molecule is C=CC(=O)OCC.C=CC(=O)OCCCC.CC.CC.COC.c1ccccc1. The first-order valence-corrected chi connectivity index (χ1v) is 10.0. The lowest BCUT2D eigenvalue weighted by Gasteiger charge is -1.97. The number of methoxy groups -OCH3 is 1. The van der Waals surface area contributed by atoms with Crippen molar-refractivity contribution in [1.82, 2.24) is 0 Å². The lowest BCUT2D eigenvalue weighted by molar-refractivity contribution is -0.138. The van der Waals surface area contributed by atoms with E-state index in [9.17, 15) is 9.59 Å². The number of hydrogen-bond acceptors (Lipinski definition) is 5. The predicted molar refractivity (Wildman–Crippen MR) is 125 cm³/mol. The molecule has 1 rings (SSSR count). The molecule has 0 unspecified atom stereocenters. The van der Waals surface area contributed by atoms with Crippen molar-refractivity contribution >= 4 is 11.9 Å². The summed E-state index contributed by atoms with van der Waals surface area (Å²) in [4.78, 5) is 20.4. The summed E-state index contributed by atoms with van der Waals surface area (Å²) >= 11 is 0. The Morgan fingerprint density at radius 2 is 1.07 bits per heavy atom. The Morgan fingerprint density at radius 1 is 0.759 bits per heavy atom. The molecule has 0 saturated carbocycles. The molecule has 0 saturated heterocycles. The molecule has 5 nitrogen and oxygen atoms in total. The Bertz CT molecular complexity index is 390. The number of carbonyl (C=O) groups is 2. The molecule has 170 valence electrons. The number of esters is 2. The minimum Gasteiger partial charge on any atom is -0.463 e. The molecular formula is C24H44O5. The second-order valence-corrected chi connectivity index (χ2v) is 4.24. The normalized spacial score (nSPS) is 7.17. The zero-order valence-electron chi connectivity index (χ0n) is 19.9. The number of carbonyl (C=O) groups excluding carboxylic acids is 2. The summed E-state index contributed by atoms with van der Waals surface area (Å²) in [6.07, 6.45) is 4.29. The zero-order valence-corrected chi connectivity index (χ0v) is 19.9. The maximum atomic E-state index is 10.3. The fourth-order valence-electron chi connectivity index (χ4n) is 0.962. The number of hydrogen-bond donors (Lipinski definition) is 0. The van der Waals surface area contributed by atoms with E-state index < -0.39 is 0 Å². The third-order valence-electron chi connectivity index (χ3n) is 2.03. The number of rotatable bonds is 6. The third kappa shape index (κ3) is 58.6. The van der Waals surface area contributed by atoms with Crippen molar-refractivity contribution in [3.8, 4) is 0 Å². The highest BCUT2D eigenvalue weighted by atomic mass is 16.5. The van der Waals surface area contributed by atoms with Crippen LogP contribution in [0, 0.1) is 0 Å². The van der Waals surface area contributed by atoms with Crippen molar-refractivity contribution in [2.24, 2.45) is 0 Å². The fraction of sp³-hybridized carbons (Fsp3) is 0.500. The molecule has 0 amide bonds. The van der Waals surface area contributed by atoms with Crippen LogP contribution in [0.2, 0.25) is 0 Å². The number of ether oxygens (including phenoxy) is 3. The molecule has 0 aliphatic carbocycles. The number of benzene rings is 1. The summed E-state index contributed by atoms with van der Waals surface area (Å²) in [5.74, 6) is -0.689. The van der Waals surface area contributed by atoms with Gasteiger partial charge in [0.15, 0.2) is 0 Å². The maximum Gasteiger partial charge on any atom is 0.330 e. The first-order chi connectivity index (χ1) is 14.0. The van der Waals surface area contributed by atoms with E-state index in [2.05, 4.69) is 27.4 Å². The van der Waals surface area contributed by atoms with E-state index in [4.69, 9.17) is 0 Å². The summed E-state index contributed by atoms with van der Waals surface area (Å²) in [5.41, 5.74) is 0. The molecule has 0 radical (unpaired) electrons. The van der Waals surface area contributed by atoms with Crippen LogP contribution < -0.4 is 0 Å². The van der Waals surface area contributed by atoms with Gasteiger partial charge < -0.3 is 14.2 Å². The number of unbranched alkanes of at least 4 members (excludes halogenated alkanes) is 1. The van der Waals surface area contributed by atoms with Crippen LogP contribution in [0.25, 0.3) is 0 Å². The van der Waals surface area contributed by atoms with Crippen LogP contribution in [0.3, 0.4) is 0 Å². The van der Waals surface area contributed by atoms with Gasteiger partial charge in [-0.3, -0.25) is 0 Å². The Balaban J connectivity index is -0.0000000868. The Hall–Kier alpha value is -2.40. The minimum atomic E-state index is -0.359. The van der Waals surface area contributed by atoms with E-state index >= 15 is 0 Å². The van der Waals surface area contributed by atoms with E-state index in [1.807, 2.05) is 71.0 Å². The van der Waals surface area contributed by atoms with Gasteiger partial charge in [0.2, 0.25) is 0 Å². The van der Waals surface area contributed by atoms with Gasteiger partial charge in [-0.05, 0) is 13.3 Å². The Kier molecular flexibility index (Phi) is 57.7. The third-order valence-corrected chi connectivity index (χ3v) is 2.03. The van der Waals surface area contributed by atoms with Crippen molar-refractivity contribution < 1.29 is 23.8 Å². The van der Waals surface area contributed by atoms with E-state index in [-0.39, 0.29) is 11.9 Å². The van der Waals surface area contributed by atoms with Gasteiger partial charge in [0.1, 0.15) is 0 Å². The largest absolute Gasteiger partial charge is 0.463 e. The predicted octanol–water partition coefficient (Wildman–Crippen LogP) is 6.25. The molecule has 1 aromatic carbocycles. The van der Waals surface area contributed by atoms with Crippen LogP contribution in [0.5, 0.6) is 0 Å².